The van der Waals surface area contributed by atoms with Gasteiger partial charge in [-0.2, -0.15) is 9.78 Å². The number of carboxylic acids is 1. The number of hydrogen-bond acceptors (Lipinski definition) is 4. The molecule has 0 saturated heterocycles. The van der Waals surface area contributed by atoms with Crippen LogP contribution in [0, 0.1) is 18.6 Å². The molecule has 0 saturated carbocycles. The third-order valence-electron chi connectivity index (χ3n) is 4.32. The van der Waals surface area contributed by atoms with E-state index in [1.54, 1.807) is 31.2 Å². The Morgan fingerprint density at radius 3 is 2.41 bits per heavy atom. The molecule has 2 aromatic carbocycles. The number of benzene rings is 2. The molecule has 0 aliphatic carbocycles. The maximum absolute atomic E-state index is 14.0. The van der Waals surface area contributed by atoms with Crippen molar-refractivity contribution in [3.8, 4) is 11.6 Å². The number of nitrogens with one attached hydrogen (secondary N) is 1. The molecule has 0 unspecified atom stereocenters. The first kappa shape index (κ1) is 20.0. The van der Waals surface area contributed by atoms with Crippen LogP contribution in [0.3, 0.4) is 0 Å². The van der Waals surface area contributed by atoms with Crippen molar-refractivity contribution in [1.82, 2.24) is 15.1 Å². The highest BCUT2D eigenvalue weighted by atomic mass is 19.1. The van der Waals surface area contributed by atoms with Crippen molar-refractivity contribution >= 4 is 11.9 Å². The molecule has 1 aromatic heterocycles. The van der Waals surface area contributed by atoms with Crippen molar-refractivity contribution in [2.75, 3.05) is 0 Å². The molecule has 9 heteroatoms. The van der Waals surface area contributed by atoms with E-state index in [0.29, 0.717) is 10.2 Å². The summed E-state index contributed by atoms with van der Waals surface area (Å²) in [6.45, 7) is 1.78. The number of aromatic nitrogens is 2. The maximum Gasteiger partial charge on any atom is 0.305 e. The largest absolute Gasteiger partial charge is 0.493 e. The molecule has 0 radical (unpaired) electrons. The van der Waals surface area contributed by atoms with Gasteiger partial charge in [0.15, 0.2) is 17.3 Å². The highest BCUT2D eigenvalue weighted by molar-refractivity contribution is 5.93. The van der Waals surface area contributed by atoms with Crippen LogP contribution in [0.2, 0.25) is 0 Å². The molecule has 29 heavy (non-hydrogen) atoms. The maximum atomic E-state index is 14.0. The SMILES string of the molecule is Cc1ccccc1[C@H](CC(=O)O)NC(=O)c1cc(O)n(-c2c(F)cccc2F)n1. The summed E-state index contributed by atoms with van der Waals surface area (Å²) in [6.07, 6.45) is -0.384. The number of aryl methyl sites for hydroxylation is 1. The van der Waals surface area contributed by atoms with Gasteiger partial charge in [0.05, 0.1) is 12.5 Å². The van der Waals surface area contributed by atoms with E-state index in [2.05, 4.69) is 10.4 Å². The van der Waals surface area contributed by atoms with Gasteiger partial charge in [-0.05, 0) is 30.2 Å². The van der Waals surface area contributed by atoms with Gasteiger partial charge in [0, 0.05) is 6.07 Å². The van der Waals surface area contributed by atoms with Gasteiger partial charge in [-0.25, -0.2) is 8.78 Å². The van der Waals surface area contributed by atoms with Crippen molar-refractivity contribution in [1.29, 1.82) is 0 Å². The average Bonchev–Trinajstić information content (AvgIpc) is 3.03. The van der Waals surface area contributed by atoms with E-state index in [0.717, 1.165) is 29.8 Å². The van der Waals surface area contributed by atoms with Crippen LogP contribution in [-0.4, -0.2) is 31.9 Å². The highest BCUT2D eigenvalue weighted by Crippen LogP contribution is 2.25. The van der Waals surface area contributed by atoms with Crippen LogP contribution < -0.4 is 5.32 Å². The zero-order chi connectivity index (χ0) is 21.1. The summed E-state index contributed by atoms with van der Waals surface area (Å²) in [6, 6.07) is 10.2. The normalized spacial score (nSPS) is 11.8. The summed E-state index contributed by atoms with van der Waals surface area (Å²) in [5, 5.41) is 25.5. The lowest BCUT2D eigenvalue weighted by Gasteiger charge is -2.18. The van der Waals surface area contributed by atoms with Gasteiger partial charge >= 0.3 is 5.97 Å². The Morgan fingerprint density at radius 1 is 1.14 bits per heavy atom. The summed E-state index contributed by atoms with van der Waals surface area (Å²) >= 11 is 0. The molecule has 1 atom stereocenters. The van der Waals surface area contributed by atoms with E-state index < -0.39 is 41.1 Å². The molecule has 3 N–H and O–H groups in total. The molecule has 3 aromatic rings. The molecule has 7 nitrogen and oxygen atoms in total. The Bertz CT molecular complexity index is 1060. The van der Waals surface area contributed by atoms with Gasteiger partial charge in [0.2, 0.25) is 5.88 Å². The molecule has 0 bridgehead atoms. The van der Waals surface area contributed by atoms with Crippen molar-refractivity contribution < 1.29 is 28.6 Å². The minimum Gasteiger partial charge on any atom is -0.493 e. The third-order valence-corrected chi connectivity index (χ3v) is 4.32. The predicted molar refractivity (Wildman–Crippen MR) is 98.8 cm³/mol. The van der Waals surface area contributed by atoms with Crippen LogP contribution in [0.5, 0.6) is 5.88 Å². The molecule has 0 fully saturated rings. The van der Waals surface area contributed by atoms with Crippen LogP contribution in [0.25, 0.3) is 5.69 Å². The number of halogens is 2. The lowest BCUT2D eigenvalue weighted by Crippen LogP contribution is -2.31. The van der Waals surface area contributed by atoms with Crippen molar-refractivity contribution in [3.05, 3.63) is 77.0 Å². The summed E-state index contributed by atoms with van der Waals surface area (Å²) < 4.78 is 28.5. The number of carbonyl (C=O) groups excluding carboxylic acids is 1. The lowest BCUT2D eigenvalue weighted by atomic mass is 9.98. The zero-order valence-electron chi connectivity index (χ0n) is 15.3. The summed E-state index contributed by atoms with van der Waals surface area (Å²) in [7, 11) is 0. The van der Waals surface area contributed by atoms with Crippen LogP contribution in [0.1, 0.15) is 34.1 Å². The first-order valence-electron chi connectivity index (χ1n) is 8.59. The zero-order valence-corrected chi connectivity index (χ0v) is 15.3. The van der Waals surface area contributed by atoms with E-state index >= 15 is 0 Å². The number of aromatic hydroxyl groups is 1. The van der Waals surface area contributed by atoms with Gasteiger partial charge in [-0.1, -0.05) is 30.3 Å². The van der Waals surface area contributed by atoms with Crippen LogP contribution in [-0.2, 0) is 4.79 Å². The Kier molecular flexibility index (Phi) is 5.58. The van der Waals surface area contributed by atoms with E-state index in [1.165, 1.54) is 0 Å². The Morgan fingerprint density at radius 2 is 1.79 bits per heavy atom. The fourth-order valence-corrected chi connectivity index (χ4v) is 2.96. The topological polar surface area (TPSA) is 104 Å². The number of nitrogens with zero attached hydrogens (tertiary/aromatic N) is 2. The van der Waals surface area contributed by atoms with Gasteiger partial charge in [0.1, 0.15) is 5.69 Å². The first-order valence-corrected chi connectivity index (χ1v) is 8.59. The number of hydrogen-bond donors (Lipinski definition) is 3. The number of aliphatic carboxylic acids is 1. The van der Waals surface area contributed by atoms with Crippen molar-refractivity contribution in [2.45, 2.75) is 19.4 Å². The van der Waals surface area contributed by atoms with Crippen molar-refractivity contribution in [3.63, 3.8) is 0 Å². The fourth-order valence-electron chi connectivity index (χ4n) is 2.96. The molecule has 150 valence electrons. The quantitative estimate of drug-likeness (QED) is 0.589. The van der Waals surface area contributed by atoms with Gasteiger partial charge in [0.25, 0.3) is 5.91 Å². The Labute approximate surface area is 164 Å². The second kappa shape index (κ2) is 8.09. The van der Waals surface area contributed by atoms with E-state index in [4.69, 9.17) is 0 Å². The van der Waals surface area contributed by atoms with Crippen LogP contribution in [0.4, 0.5) is 8.78 Å². The highest BCUT2D eigenvalue weighted by Gasteiger charge is 2.24. The van der Waals surface area contributed by atoms with E-state index in [1.807, 2.05) is 0 Å². The van der Waals surface area contributed by atoms with Crippen LogP contribution >= 0.6 is 0 Å². The summed E-state index contributed by atoms with van der Waals surface area (Å²) in [4.78, 5) is 23.8. The number of rotatable bonds is 6. The molecular weight excluding hydrogens is 384 g/mol. The van der Waals surface area contributed by atoms with E-state index in [9.17, 15) is 28.6 Å². The standard InChI is InChI=1S/C20H17F2N3O4/c1-11-5-2-3-6-12(11)15(10-18(27)28)23-20(29)16-9-17(26)25(24-16)19-13(21)7-4-8-14(19)22/h2-9,15,26H,10H2,1H3,(H,23,29)(H,27,28)/t15-/m0/s1. The monoisotopic (exact) mass is 401 g/mol. The van der Waals surface area contributed by atoms with E-state index in [-0.39, 0.29) is 12.1 Å². The Hall–Kier alpha value is -3.75. The van der Waals surface area contributed by atoms with Crippen molar-refractivity contribution in [2.24, 2.45) is 0 Å². The lowest BCUT2D eigenvalue weighted by molar-refractivity contribution is -0.137. The smallest absolute Gasteiger partial charge is 0.305 e. The number of amides is 1. The minimum atomic E-state index is -1.12. The van der Waals surface area contributed by atoms with Crippen LogP contribution in [0.15, 0.2) is 48.5 Å². The minimum absolute atomic E-state index is 0.325. The molecule has 0 aliphatic heterocycles. The molecule has 1 heterocycles. The predicted octanol–water partition coefficient (Wildman–Crippen LogP) is 3.11. The first-order chi connectivity index (χ1) is 13.8. The summed E-state index contributed by atoms with van der Waals surface area (Å²) in [5.41, 5.74) is 0.423. The molecule has 0 aliphatic rings. The molecule has 0 spiro atoms. The number of carbonyl (C=O) groups is 2. The molecule has 3 rings (SSSR count). The Balaban J connectivity index is 1.92. The second-order valence-electron chi connectivity index (χ2n) is 6.35. The molecule has 1 amide bonds. The average molecular weight is 401 g/mol. The fraction of sp³-hybridized carbons (Fsp3) is 0.150. The second-order valence-corrected chi connectivity index (χ2v) is 6.35. The number of para-hydroxylation sites is 1. The third kappa shape index (κ3) is 4.23. The van der Waals surface area contributed by atoms with Gasteiger partial charge < -0.3 is 15.5 Å². The number of carboxylic acid groups (broad SMARTS) is 1. The summed E-state index contributed by atoms with van der Waals surface area (Å²) in [5.74, 6) is -4.52. The van der Waals surface area contributed by atoms with Gasteiger partial charge in [-0.15, -0.1) is 0 Å². The van der Waals surface area contributed by atoms with Gasteiger partial charge in [-0.3, -0.25) is 9.59 Å². The molecular formula is C20H17F2N3O4.